The number of benzene rings is 2. The Hall–Kier alpha value is -1.92. The van der Waals surface area contributed by atoms with Crippen LogP contribution in [-0.2, 0) is 9.59 Å². The first-order valence-electron chi connectivity index (χ1n) is 9.44. The van der Waals surface area contributed by atoms with Gasteiger partial charge in [-0.05, 0) is 43.2 Å². The molecule has 2 aromatic carbocycles. The van der Waals surface area contributed by atoms with Crippen LogP contribution in [0.2, 0.25) is 10.0 Å². The van der Waals surface area contributed by atoms with E-state index in [-0.39, 0.29) is 24.3 Å². The molecule has 1 aliphatic rings. The van der Waals surface area contributed by atoms with Gasteiger partial charge in [-0.15, -0.1) is 0 Å². The number of amides is 1. The van der Waals surface area contributed by atoms with Crippen molar-refractivity contribution in [1.82, 2.24) is 5.01 Å². The van der Waals surface area contributed by atoms with Gasteiger partial charge >= 0.3 is 11.9 Å². The average Bonchev–Trinajstić information content (AvgIpc) is 2.63. The normalized spacial score (nSPS) is 27.2. The predicted molar refractivity (Wildman–Crippen MR) is 113 cm³/mol. The third-order valence-corrected chi connectivity index (χ3v) is 6.16. The molecular formula is C22H25Cl2N2O3+. The Bertz CT molecular complexity index is 917. The monoisotopic (exact) mass is 435 g/mol. The molecule has 0 saturated carbocycles. The highest BCUT2D eigenvalue weighted by Gasteiger charge is 2.56. The van der Waals surface area contributed by atoms with E-state index in [2.05, 4.69) is 0 Å². The van der Waals surface area contributed by atoms with Gasteiger partial charge in [-0.25, -0.2) is 4.79 Å². The molecule has 29 heavy (non-hydrogen) atoms. The van der Waals surface area contributed by atoms with Gasteiger partial charge in [-0.2, -0.15) is 10.0 Å². The third kappa shape index (κ3) is 4.48. The lowest BCUT2D eigenvalue weighted by Gasteiger charge is -2.46. The summed E-state index contributed by atoms with van der Waals surface area (Å²) in [7, 11) is 3.66. The molecule has 2 aromatic rings. The van der Waals surface area contributed by atoms with Gasteiger partial charge in [0.2, 0.25) is 0 Å². The highest BCUT2D eigenvalue weighted by atomic mass is 35.5. The molecule has 0 aliphatic carbocycles. The first-order valence-corrected chi connectivity index (χ1v) is 10.2. The van der Waals surface area contributed by atoms with Crippen molar-refractivity contribution in [2.24, 2.45) is 5.41 Å². The first kappa shape index (κ1) is 21.8. The quantitative estimate of drug-likeness (QED) is 0.752. The number of rotatable bonds is 5. The fourth-order valence-corrected chi connectivity index (χ4v) is 4.74. The van der Waals surface area contributed by atoms with Gasteiger partial charge in [-0.1, -0.05) is 47.5 Å². The summed E-state index contributed by atoms with van der Waals surface area (Å²) in [6, 6.07) is 14.9. The molecule has 1 saturated heterocycles. The van der Waals surface area contributed by atoms with E-state index in [9.17, 15) is 14.7 Å². The summed E-state index contributed by atoms with van der Waals surface area (Å²) in [5.74, 6) is -1.20. The van der Waals surface area contributed by atoms with E-state index in [1.54, 1.807) is 6.92 Å². The second kappa shape index (κ2) is 8.44. The summed E-state index contributed by atoms with van der Waals surface area (Å²) in [6.45, 7) is 1.75. The zero-order chi connectivity index (χ0) is 21.3. The standard InChI is InChI=1S/C22H24Cl2N2O3/c1-22(13-19(27)28)12-18(15-5-4-6-17(24)11-15)20(26(21(22)29)25(2)3)14-7-9-16(23)10-8-14/h4-11,18,20H,12-13H2,1-3H3,(H,27,28)/p+1. The number of piperidine rings is 1. The summed E-state index contributed by atoms with van der Waals surface area (Å²) in [4.78, 5) is 25.1. The molecule has 4 unspecified atom stereocenters. The average molecular weight is 436 g/mol. The topological polar surface area (TPSA) is 62.0 Å². The van der Waals surface area contributed by atoms with Crippen LogP contribution in [0.5, 0.6) is 0 Å². The number of carbonyl (C=O) groups excluding carboxylic acids is 1. The number of halogens is 2. The maximum atomic E-state index is 13.5. The maximum Gasteiger partial charge on any atom is 0.338 e. The van der Waals surface area contributed by atoms with Crippen molar-refractivity contribution >= 4 is 35.1 Å². The van der Waals surface area contributed by atoms with E-state index in [0.717, 1.165) is 11.1 Å². The lowest BCUT2D eigenvalue weighted by molar-refractivity contribution is -0.975. The fourth-order valence-electron chi connectivity index (χ4n) is 4.41. The van der Waals surface area contributed by atoms with Gasteiger partial charge in [0.15, 0.2) is 0 Å². The third-order valence-electron chi connectivity index (χ3n) is 5.68. The second-order valence-corrected chi connectivity index (χ2v) is 9.01. The number of quaternary nitrogens is 1. The molecule has 1 amide bonds. The van der Waals surface area contributed by atoms with Crippen LogP contribution in [0.3, 0.4) is 0 Å². The molecule has 3 rings (SSSR count). The smallest absolute Gasteiger partial charge is 0.338 e. The molecule has 4 atom stereocenters. The number of aliphatic carboxylic acids is 1. The molecule has 1 heterocycles. The molecule has 0 spiro atoms. The number of nitrogens with one attached hydrogen (secondary N) is 1. The number of hydrogen-bond donors (Lipinski definition) is 2. The Labute approximate surface area is 180 Å². The molecular weight excluding hydrogens is 411 g/mol. The van der Waals surface area contributed by atoms with Gasteiger partial charge < -0.3 is 5.11 Å². The van der Waals surface area contributed by atoms with Gasteiger partial charge in [-0.3, -0.25) is 4.79 Å². The van der Waals surface area contributed by atoms with Crippen LogP contribution in [0.15, 0.2) is 48.5 Å². The molecule has 0 bridgehead atoms. The number of carbonyl (C=O) groups is 2. The minimum Gasteiger partial charge on any atom is -0.481 e. The minimum absolute atomic E-state index is 0.102. The van der Waals surface area contributed by atoms with Crippen molar-refractivity contribution in [3.63, 3.8) is 0 Å². The zero-order valence-electron chi connectivity index (χ0n) is 16.7. The molecule has 154 valence electrons. The summed E-state index contributed by atoms with van der Waals surface area (Å²) in [5.41, 5.74) is 0.955. The molecule has 1 aliphatic heterocycles. The Morgan fingerprint density at radius 2 is 1.79 bits per heavy atom. The van der Waals surface area contributed by atoms with Gasteiger partial charge in [0.05, 0.1) is 11.8 Å². The van der Waals surface area contributed by atoms with Crippen LogP contribution in [0, 0.1) is 5.41 Å². The van der Waals surface area contributed by atoms with Crippen LogP contribution in [0.4, 0.5) is 0 Å². The molecule has 5 nitrogen and oxygen atoms in total. The lowest BCUT2D eigenvalue weighted by atomic mass is 9.68. The summed E-state index contributed by atoms with van der Waals surface area (Å²) < 4.78 is 0. The first-order chi connectivity index (χ1) is 13.6. The Balaban J connectivity index is 2.18. The van der Waals surface area contributed by atoms with Crippen LogP contribution in [0.1, 0.15) is 42.9 Å². The van der Waals surface area contributed by atoms with Crippen molar-refractivity contribution in [2.75, 3.05) is 14.1 Å². The number of carboxylic acids is 1. The highest BCUT2D eigenvalue weighted by molar-refractivity contribution is 6.30. The maximum absolute atomic E-state index is 13.5. The number of hydrogen-bond acceptors (Lipinski definition) is 3. The summed E-state index contributed by atoms with van der Waals surface area (Å²) >= 11 is 12.4. The van der Waals surface area contributed by atoms with E-state index in [4.69, 9.17) is 23.2 Å². The molecule has 7 heteroatoms. The van der Waals surface area contributed by atoms with Gasteiger partial charge in [0, 0.05) is 35.6 Å². The molecule has 2 N–H and O–H groups in total. The largest absolute Gasteiger partial charge is 0.481 e. The number of carboxylic acid groups (broad SMARTS) is 1. The van der Waals surface area contributed by atoms with Crippen molar-refractivity contribution in [2.45, 2.75) is 31.7 Å². The van der Waals surface area contributed by atoms with Crippen LogP contribution < -0.4 is 5.01 Å². The SMILES string of the molecule is CN(C)[NH+]1C(=O)C(C)(CC(=O)O)CC(c2cccc(Cl)c2)C1c1ccc(Cl)cc1. The highest BCUT2D eigenvalue weighted by Crippen LogP contribution is 2.44. The van der Waals surface area contributed by atoms with E-state index < -0.39 is 11.4 Å². The van der Waals surface area contributed by atoms with E-state index in [1.165, 1.54) is 0 Å². The van der Waals surface area contributed by atoms with E-state index in [0.29, 0.717) is 21.5 Å². The Kier molecular flexibility index (Phi) is 6.34. The Morgan fingerprint density at radius 3 is 2.34 bits per heavy atom. The van der Waals surface area contributed by atoms with Crippen molar-refractivity contribution in [3.05, 3.63) is 69.7 Å². The van der Waals surface area contributed by atoms with Crippen LogP contribution in [0.25, 0.3) is 0 Å². The van der Waals surface area contributed by atoms with Gasteiger partial charge in [0.25, 0.3) is 0 Å². The van der Waals surface area contributed by atoms with E-state index in [1.807, 2.05) is 67.6 Å². The predicted octanol–water partition coefficient (Wildman–Crippen LogP) is 3.59. The Morgan fingerprint density at radius 1 is 1.14 bits per heavy atom. The summed E-state index contributed by atoms with van der Waals surface area (Å²) in [5, 5.41) is 13.1. The van der Waals surface area contributed by atoms with Crippen LogP contribution >= 0.6 is 23.2 Å². The zero-order valence-corrected chi connectivity index (χ0v) is 18.2. The second-order valence-electron chi connectivity index (χ2n) is 8.13. The fraction of sp³-hybridized carbons (Fsp3) is 0.364. The number of nitrogens with zero attached hydrogens (tertiary/aromatic N) is 1. The van der Waals surface area contributed by atoms with Crippen molar-refractivity contribution in [1.29, 1.82) is 0 Å². The van der Waals surface area contributed by atoms with Crippen molar-refractivity contribution < 1.29 is 19.7 Å². The van der Waals surface area contributed by atoms with Crippen molar-refractivity contribution in [3.8, 4) is 0 Å². The minimum atomic E-state index is -0.999. The van der Waals surface area contributed by atoms with Gasteiger partial charge in [0.1, 0.15) is 6.04 Å². The van der Waals surface area contributed by atoms with Crippen LogP contribution in [-0.4, -0.2) is 36.1 Å². The molecule has 0 aromatic heterocycles. The summed E-state index contributed by atoms with van der Waals surface area (Å²) in [6.07, 6.45) is 0.205. The molecule has 1 fully saturated rings. The lowest BCUT2D eigenvalue weighted by Crippen LogP contribution is -3.22. The van der Waals surface area contributed by atoms with E-state index >= 15 is 0 Å². The molecule has 0 radical (unpaired) electrons.